The molecule has 28 heavy (non-hydrogen) atoms. The molecule has 3 aliphatic rings. The number of ether oxygens (including phenoxy) is 1. The Morgan fingerprint density at radius 3 is 2.46 bits per heavy atom. The Bertz CT molecular complexity index is 675. The summed E-state index contributed by atoms with van der Waals surface area (Å²) in [4.78, 5) is 18.0. The average molecular weight is 387 g/mol. The molecule has 0 atom stereocenters. The van der Waals surface area contributed by atoms with Crippen LogP contribution >= 0.6 is 0 Å². The minimum Gasteiger partial charge on any atom is -0.496 e. The van der Waals surface area contributed by atoms with Crippen molar-refractivity contribution >= 4 is 11.6 Å². The molecule has 3 N–H and O–H groups in total. The summed E-state index contributed by atoms with van der Waals surface area (Å²) in [7, 11) is 1.57. The van der Waals surface area contributed by atoms with Gasteiger partial charge in [0, 0.05) is 56.6 Å². The number of benzene rings is 1. The standard InChI is InChI=1S/C22H34N4O2/c1-28-21-14-17(23)4-9-20(21)22(27)24-18-5-7-19(8-6-18)26-12-10-25(11-13-26)15-16-2-3-16/h4,9,14,16,18-19H,2-3,5-8,10-13,15,23H2,1H3,(H,24,27)/t18-,19-. The Morgan fingerprint density at radius 1 is 1.11 bits per heavy atom. The van der Waals surface area contributed by atoms with Crippen molar-refractivity contribution in [3.8, 4) is 5.75 Å². The van der Waals surface area contributed by atoms with Gasteiger partial charge in [0.1, 0.15) is 5.75 Å². The molecule has 0 radical (unpaired) electrons. The van der Waals surface area contributed by atoms with Crippen LogP contribution in [0.4, 0.5) is 5.69 Å². The molecule has 0 bridgehead atoms. The summed E-state index contributed by atoms with van der Waals surface area (Å²) in [5, 5.41) is 3.20. The van der Waals surface area contributed by atoms with Crippen LogP contribution in [-0.2, 0) is 0 Å². The molecule has 4 rings (SSSR count). The Kier molecular flexibility index (Phi) is 6.07. The van der Waals surface area contributed by atoms with Crippen molar-refractivity contribution in [1.82, 2.24) is 15.1 Å². The number of carbonyl (C=O) groups is 1. The molecule has 1 heterocycles. The molecule has 0 unspecified atom stereocenters. The molecule has 1 aromatic carbocycles. The maximum absolute atomic E-state index is 12.7. The van der Waals surface area contributed by atoms with Crippen molar-refractivity contribution < 1.29 is 9.53 Å². The number of nitrogens with two attached hydrogens (primary N) is 1. The van der Waals surface area contributed by atoms with Crippen LogP contribution in [0.1, 0.15) is 48.9 Å². The number of methoxy groups -OCH3 is 1. The predicted molar refractivity (Wildman–Crippen MR) is 112 cm³/mol. The number of nitrogens with one attached hydrogen (secondary N) is 1. The minimum atomic E-state index is -0.0611. The van der Waals surface area contributed by atoms with E-state index < -0.39 is 0 Å². The number of carbonyl (C=O) groups excluding carboxylic acids is 1. The lowest BCUT2D eigenvalue weighted by molar-refractivity contribution is 0.0694. The zero-order valence-electron chi connectivity index (χ0n) is 17.0. The zero-order chi connectivity index (χ0) is 19.5. The molecule has 1 amide bonds. The van der Waals surface area contributed by atoms with Crippen LogP contribution in [0.25, 0.3) is 0 Å². The second-order valence-electron chi connectivity index (χ2n) is 8.72. The smallest absolute Gasteiger partial charge is 0.255 e. The van der Waals surface area contributed by atoms with E-state index in [0.717, 1.165) is 18.8 Å². The highest BCUT2D eigenvalue weighted by Gasteiger charge is 2.31. The van der Waals surface area contributed by atoms with Crippen molar-refractivity contribution in [1.29, 1.82) is 0 Å². The molecule has 3 fully saturated rings. The third-order valence-electron chi connectivity index (χ3n) is 6.64. The van der Waals surface area contributed by atoms with Crippen LogP contribution in [0.2, 0.25) is 0 Å². The minimum absolute atomic E-state index is 0.0611. The maximum Gasteiger partial charge on any atom is 0.255 e. The lowest BCUT2D eigenvalue weighted by Crippen LogP contribution is -2.52. The average Bonchev–Trinajstić information content (AvgIpc) is 3.53. The zero-order valence-corrected chi connectivity index (χ0v) is 17.0. The Morgan fingerprint density at radius 2 is 1.82 bits per heavy atom. The van der Waals surface area contributed by atoms with Crippen molar-refractivity contribution in [2.24, 2.45) is 5.92 Å². The van der Waals surface area contributed by atoms with Gasteiger partial charge in [0.05, 0.1) is 12.7 Å². The lowest BCUT2D eigenvalue weighted by atomic mass is 9.89. The highest BCUT2D eigenvalue weighted by atomic mass is 16.5. The summed E-state index contributed by atoms with van der Waals surface area (Å²) >= 11 is 0. The number of nitrogens with zero attached hydrogens (tertiary/aromatic N) is 2. The van der Waals surface area contributed by atoms with Crippen molar-refractivity contribution in [2.45, 2.75) is 50.6 Å². The van der Waals surface area contributed by atoms with Gasteiger partial charge in [-0.25, -0.2) is 0 Å². The first-order valence-electron chi connectivity index (χ1n) is 10.8. The number of nitrogen functional groups attached to an aromatic ring is 1. The summed E-state index contributed by atoms with van der Waals surface area (Å²) in [5.41, 5.74) is 6.95. The third-order valence-corrected chi connectivity index (χ3v) is 6.64. The van der Waals surface area contributed by atoms with Gasteiger partial charge >= 0.3 is 0 Å². The Labute approximate surface area is 168 Å². The van der Waals surface area contributed by atoms with Crippen LogP contribution in [0.3, 0.4) is 0 Å². The van der Waals surface area contributed by atoms with Gasteiger partial charge in [-0.3, -0.25) is 9.69 Å². The Balaban J connectivity index is 1.22. The van der Waals surface area contributed by atoms with Crippen LogP contribution in [-0.4, -0.2) is 67.6 Å². The Hall–Kier alpha value is -1.79. The lowest BCUT2D eigenvalue weighted by Gasteiger charge is -2.42. The van der Waals surface area contributed by atoms with Crippen LogP contribution in [0, 0.1) is 5.92 Å². The van der Waals surface area contributed by atoms with Gasteiger partial charge in [-0.15, -0.1) is 0 Å². The second kappa shape index (κ2) is 8.70. The molecule has 0 spiro atoms. The van der Waals surface area contributed by atoms with Gasteiger partial charge in [0.2, 0.25) is 0 Å². The molecule has 154 valence electrons. The van der Waals surface area contributed by atoms with Crippen LogP contribution < -0.4 is 15.8 Å². The molecular weight excluding hydrogens is 352 g/mol. The van der Waals surface area contributed by atoms with Crippen LogP contribution in [0.5, 0.6) is 5.75 Å². The first-order valence-corrected chi connectivity index (χ1v) is 10.8. The molecule has 6 nitrogen and oxygen atoms in total. The molecule has 1 saturated heterocycles. The molecule has 1 aromatic rings. The summed E-state index contributed by atoms with van der Waals surface area (Å²) in [6.45, 7) is 6.18. The van der Waals surface area contributed by atoms with Gasteiger partial charge in [-0.05, 0) is 56.6 Å². The van der Waals surface area contributed by atoms with E-state index in [2.05, 4.69) is 15.1 Å². The van der Waals surface area contributed by atoms with E-state index in [9.17, 15) is 4.79 Å². The number of amides is 1. The summed E-state index contributed by atoms with van der Waals surface area (Å²) in [6.07, 6.45) is 7.33. The van der Waals surface area contributed by atoms with E-state index >= 15 is 0 Å². The van der Waals surface area contributed by atoms with Gasteiger partial charge in [0.15, 0.2) is 0 Å². The summed E-state index contributed by atoms with van der Waals surface area (Å²) in [6, 6.07) is 6.13. The highest BCUT2D eigenvalue weighted by molar-refractivity contribution is 5.97. The molecule has 2 saturated carbocycles. The molecule has 6 heteroatoms. The van der Waals surface area contributed by atoms with Crippen molar-refractivity contribution in [2.75, 3.05) is 45.6 Å². The van der Waals surface area contributed by atoms with Crippen LogP contribution in [0.15, 0.2) is 18.2 Å². The molecule has 2 aliphatic carbocycles. The van der Waals surface area contributed by atoms with Crippen molar-refractivity contribution in [3.63, 3.8) is 0 Å². The number of hydrogen-bond donors (Lipinski definition) is 2. The predicted octanol–water partition coefficient (Wildman–Crippen LogP) is 2.35. The number of rotatable bonds is 6. The van der Waals surface area contributed by atoms with Gasteiger partial charge < -0.3 is 20.7 Å². The number of anilines is 1. The van der Waals surface area contributed by atoms with E-state index in [1.54, 1.807) is 25.3 Å². The summed E-state index contributed by atoms with van der Waals surface area (Å²) < 4.78 is 5.32. The fraction of sp³-hybridized carbons (Fsp3) is 0.682. The SMILES string of the molecule is COc1cc(N)ccc1C(=O)N[C@H]1CC[C@H](N2CCN(CC3CC3)CC2)CC1. The monoisotopic (exact) mass is 386 g/mol. The topological polar surface area (TPSA) is 70.8 Å². The van der Waals surface area contributed by atoms with E-state index in [4.69, 9.17) is 10.5 Å². The second-order valence-corrected chi connectivity index (χ2v) is 8.72. The first-order chi connectivity index (χ1) is 13.6. The quantitative estimate of drug-likeness (QED) is 0.735. The van der Waals surface area contributed by atoms with Gasteiger partial charge in [-0.2, -0.15) is 0 Å². The van der Waals surface area contributed by atoms with E-state index in [0.29, 0.717) is 23.0 Å². The van der Waals surface area contributed by atoms with Gasteiger partial charge in [-0.1, -0.05) is 0 Å². The molecule has 0 aromatic heterocycles. The number of piperazine rings is 1. The number of hydrogen-bond acceptors (Lipinski definition) is 5. The largest absolute Gasteiger partial charge is 0.496 e. The molecule has 1 aliphatic heterocycles. The van der Waals surface area contributed by atoms with E-state index in [-0.39, 0.29) is 11.9 Å². The highest BCUT2D eigenvalue weighted by Crippen LogP contribution is 2.31. The van der Waals surface area contributed by atoms with E-state index in [1.165, 1.54) is 58.4 Å². The summed E-state index contributed by atoms with van der Waals surface area (Å²) in [5.74, 6) is 1.47. The first kappa shape index (κ1) is 19.5. The third kappa shape index (κ3) is 4.78. The van der Waals surface area contributed by atoms with E-state index in [1.807, 2.05) is 0 Å². The maximum atomic E-state index is 12.7. The normalized spacial score (nSPS) is 26.8. The van der Waals surface area contributed by atoms with Crippen molar-refractivity contribution in [3.05, 3.63) is 23.8 Å². The fourth-order valence-electron chi connectivity index (χ4n) is 4.72. The van der Waals surface area contributed by atoms with Gasteiger partial charge in [0.25, 0.3) is 5.91 Å². The fourth-order valence-corrected chi connectivity index (χ4v) is 4.72. The molecular formula is C22H34N4O2.